The van der Waals surface area contributed by atoms with Crippen LogP contribution in [0.4, 0.5) is 0 Å². The third-order valence-corrected chi connectivity index (χ3v) is 6.39. The number of ether oxygens (including phenoxy) is 6. The molecule has 0 radical (unpaired) electrons. The first-order chi connectivity index (χ1) is 14.6. The Morgan fingerprint density at radius 1 is 0.867 bits per heavy atom. The van der Waals surface area contributed by atoms with Gasteiger partial charge in [-0.2, -0.15) is 0 Å². The highest BCUT2D eigenvalue weighted by Gasteiger charge is 2.43. The lowest BCUT2D eigenvalue weighted by atomic mass is 9.64. The van der Waals surface area contributed by atoms with E-state index >= 15 is 0 Å². The zero-order chi connectivity index (χ0) is 20.8. The van der Waals surface area contributed by atoms with Gasteiger partial charge in [-0.05, 0) is 53.3 Å². The second kappa shape index (κ2) is 7.31. The predicted octanol–water partition coefficient (Wildman–Crippen LogP) is 3.31. The van der Waals surface area contributed by atoms with Crippen LogP contribution < -0.4 is 23.7 Å². The van der Waals surface area contributed by atoms with E-state index in [0.717, 1.165) is 29.0 Å². The molecule has 2 aliphatic heterocycles. The Labute approximate surface area is 174 Å². The number of hydrogen-bond donors (Lipinski definition) is 0. The molecule has 0 unspecified atom stereocenters. The Bertz CT molecular complexity index is 974. The maximum Gasteiger partial charge on any atom is 0.306 e. The van der Waals surface area contributed by atoms with E-state index in [0.29, 0.717) is 30.3 Å². The van der Waals surface area contributed by atoms with Crippen LogP contribution in [0.2, 0.25) is 0 Å². The van der Waals surface area contributed by atoms with Crippen molar-refractivity contribution in [2.45, 2.75) is 18.8 Å². The number of esters is 1. The molecule has 3 aliphatic rings. The Balaban J connectivity index is 1.70. The van der Waals surface area contributed by atoms with E-state index in [1.165, 1.54) is 5.56 Å². The molecule has 30 heavy (non-hydrogen) atoms. The summed E-state index contributed by atoms with van der Waals surface area (Å²) in [6.45, 7) is 0.653. The van der Waals surface area contributed by atoms with Crippen LogP contribution in [0.25, 0.3) is 0 Å². The Morgan fingerprint density at radius 3 is 2.23 bits per heavy atom. The zero-order valence-electron chi connectivity index (χ0n) is 17.2. The van der Waals surface area contributed by atoms with Gasteiger partial charge in [-0.25, -0.2) is 0 Å². The van der Waals surface area contributed by atoms with Gasteiger partial charge in [0.1, 0.15) is 0 Å². The number of cyclic esters (lactones) is 1. The second-order valence-electron chi connectivity index (χ2n) is 7.86. The Kier molecular flexibility index (Phi) is 4.60. The summed E-state index contributed by atoms with van der Waals surface area (Å²) in [6.07, 6.45) is 1.21. The minimum absolute atomic E-state index is 0.0326. The average Bonchev–Trinajstić information content (AvgIpc) is 3.22. The molecule has 2 heterocycles. The van der Waals surface area contributed by atoms with E-state index in [4.69, 9.17) is 28.4 Å². The molecule has 0 bridgehead atoms. The molecule has 0 N–H and O–H groups in total. The van der Waals surface area contributed by atoms with Crippen LogP contribution >= 0.6 is 0 Å². The first-order valence-corrected chi connectivity index (χ1v) is 10.0. The third kappa shape index (κ3) is 2.91. The maximum absolute atomic E-state index is 12.2. The number of carbonyl (C=O) groups is 1. The van der Waals surface area contributed by atoms with Gasteiger partial charge >= 0.3 is 5.97 Å². The Hall–Kier alpha value is -3.09. The van der Waals surface area contributed by atoms with Gasteiger partial charge in [-0.1, -0.05) is 0 Å². The minimum Gasteiger partial charge on any atom is -0.493 e. The molecule has 5 rings (SSSR count). The summed E-state index contributed by atoms with van der Waals surface area (Å²) < 4.78 is 33.3. The lowest BCUT2D eigenvalue weighted by Crippen LogP contribution is -2.39. The third-order valence-electron chi connectivity index (χ3n) is 6.39. The van der Waals surface area contributed by atoms with Gasteiger partial charge in [0.15, 0.2) is 23.0 Å². The monoisotopic (exact) mass is 412 g/mol. The van der Waals surface area contributed by atoms with Crippen molar-refractivity contribution in [1.29, 1.82) is 0 Å². The summed E-state index contributed by atoms with van der Waals surface area (Å²) in [5.74, 6) is 3.40. The van der Waals surface area contributed by atoms with Crippen molar-refractivity contribution in [3.8, 4) is 28.7 Å². The van der Waals surface area contributed by atoms with Gasteiger partial charge in [-0.15, -0.1) is 0 Å². The van der Waals surface area contributed by atoms with Crippen LogP contribution in [0.15, 0.2) is 24.3 Å². The molecule has 158 valence electrons. The highest BCUT2D eigenvalue weighted by molar-refractivity contribution is 5.71. The van der Waals surface area contributed by atoms with E-state index in [1.54, 1.807) is 21.3 Å². The summed E-state index contributed by atoms with van der Waals surface area (Å²) in [5, 5.41) is 0. The summed E-state index contributed by atoms with van der Waals surface area (Å²) >= 11 is 0. The van der Waals surface area contributed by atoms with Crippen LogP contribution in [0, 0.1) is 11.8 Å². The molecule has 3 atom stereocenters. The molecule has 0 amide bonds. The molecule has 1 aliphatic carbocycles. The van der Waals surface area contributed by atoms with Gasteiger partial charge in [-0.3, -0.25) is 4.79 Å². The Morgan fingerprint density at radius 2 is 1.57 bits per heavy atom. The molecule has 7 nitrogen and oxygen atoms in total. The van der Waals surface area contributed by atoms with E-state index in [1.807, 2.05) is 12.1 Å². The van der Waals surface area contributed by atoms with Crippen molar-refractivity contribution in [2.75, 3.05) is 34.7 Å². The van der Waals surface area contributed by atoms with Crippen LogP contribution in [0.1, 0.15) is 29.0 Å². The summed E-state index contributed by atoms with van der Waals surface area (Å²) in [7, 11) is 4.80. The zero-order valence-corrected chi connectivity index (χ0v) is 17.2. The maximum atomic E-state index is 12.2. The number of methoxy groups -OCH3 is 3. The van der Waals surface area contributed by atoms with Crippen molar-refractivity contribution < 1.29 is 33.2 Å². The number of fused-ring (bicyclic) bond motifs is 3. The molecule has 2 aromatic rings. The van der Waals surface area contributed by atoms with Gasteiger partial charge < -0.3 is 28.4 Å². The van der Waals surface area contributed by atoms with Crippen molar-refractivity contribution in [2.24, 2.45) is 11.8 Å². The van der Waals surface area contributed by atoms with E-state index in [-0.39, 0.29) is 30.5 Å². The van der Waals surface area contributed by atoms with Crippen LogP contribution in [0.5, 0.6) is 28.7 Å². The summed E-state index contributed by atoms with van der Waals surface area (Å²) in [4.78, 5) is 12.2. The number of rotatable bonds is 4. The molecule has 0 spiro atoms. The lowest BCUT2D eigenvalue weighted by Gasteiger charge is -2.42. The predicted molar refractivity (Wildman–Crippen MR) is 107 cm³/mol. The number of hydrogen-bond acceptors (Lipinski definition) is 7. The molecule has 1 fully saturated rings. The van der Waals surface area contributed by atoms with E-state index in [2.05, 4.69) is 12.1 Å². The summed E-state index contributed by atoms with van der Waals surface area (Å²) in [5.41, 5.74) is 3.34. The number of carbonyl (C=O) groups excluding carboxylic acids is 1. The molecular weight excluding hydrogens is 388 g/mol. The first kappa shape index (κ1) is 18.9. The van der Waals surface area contributed by atoms with Gasteiger partial charge in [0.2, 0.25) is 12.5 Å². The minimum atomic E-state index is -0.155. The van der Waals surface area contributed by atoms with Crippen molar-refractivity contribution >= 4 is 5.97 Å². The topological polar surface area (TPSA) is 72.5 Å². The quantitative estimate of drug-likeness (QED) is 0.714. The van der Waals surface area contributed by atoms with E-state index < -0.39 is 0 Å². The van der Waals surface area contributed by atoms with Crippen molar-refractivity contribution in [3.05, 3.63) is 41.0 Å². The van der Waals surface area contributed by atoms with Gasteiger partial charge in [0.05, 0.1) is 27.9 Å². The van der Waals surface area contributed by atoms with Crippen molar-refractivity contribution in [1.82, 2.24) is 0 Å². The lowest BCUT2D eigenvalue weighted by molar-refractivity contribution is -0.153. The average molecular weight is 412 g/mol. The molecule has 7 heteroatoms. The van der Waals surface area contributed by atoms with Crippen LogP contribution in [-0.2, 0) is 16.0 Å². The van der Waals surface area contributed by atoms with Gasteiger partial charge in [0.25, 0.3) is 0 Å². The largest absolute Gasteiger partial charge is 0.493 e. The van der Waals surface area contributed by atoms with Gasteiger partial charge in [0, 0.05) is 18.3 Å². The molecule has 1 saturated heterocycles. The fourth-order valence-corrected chi connectivity index (χ4v) is 5.03. The SMILES string of the molecule is COc1cc([C@@H]2c3cc4c(cc3C[C@H]3COC(=O)C[C@@H]32)OCO4)cc(OC)c1OC. The normalized spacial score (nSPS) is 23.8. The van der Waals surface area contributed by atoms with Crippen LogP contribution in [0.3, 0.4) is 0 Å². The number of benzene rings is 2. The fraction of sp³-hybridized carbons (Fsp3) is 0.435. The molecular formula is C23H24O7. The first-order valence-electron chi connectivity index (χ1n) is 10.0. The highest BCUT2D eigenvalue weighted by atomic mass is 16.7. The standard InChI is InChI=1S/C23H24O7/c1-25-19-6-13(7-20(26-2)23(19)27-3)22-15-8-18-17(29-11-30-18)5-12(15)4-14-10-28-21(24)9-16(14)22/h5-8,14,16,22H,4,9-11H2,1-3H3/t14-,16-,22+/m0/s1. The molecule has 0 aromatic heterocycles. The van der Waals surface area contributed by atoms with E-state index in [9.17, 15) is 4.79 Å². The van der Waals surface area contributed by atoms with Crippen LogP contribution in [-0.4, -0.2) is 40.7 Å². The second-order valence-corrected chi connectivity index (χ2v) is 7.86. The summed E-state index contributed by atoms with van der Waals surface area (Å²) in [6, 6.07) is 8.07. The van der Waals surface area contributed by atoms with Crippen molar-refractivity contribution in [3.63, 3.8) is 0 Å². The smallest absolute Gasteiger partial charge is 0.306 e. The fourth-order valence-electron chi connectivity index (χ4n) is 5.03. The molecule has 0 saturated carbocycles. The molecule has 2 aromatic carbocycles. The highest BCUT2D eigenvalue weighted by Crippen LogP contribution is 2.52.